The number of β-lactam (4-membered cyclic amide) rings is 1. The fourth-order valence-corrected chi connectivity index (χ4v) is 2.00. The van der Waals surface area contributed by atoms with Crippen LogP contribution in [0.15, 0.2) is 0 Å². The zero-order valence-electron chi connectivity index (χ0n) is 7.82. The molecule has 1 aliphatic rings. The maximum atomic E-state index is 11.2. The number of rotatable bonds is 2. The normalized spacial score (nSPS) is 25.6. The molecule has 0 saturated carbocycles. The van der Waals surface area contributed by atoms with Crippen molar-refractivity contribution >= 4 is 5.91 Å². The summed E-state index contributed by atoms with van der Waals surface area (Å²) in [6.45, 7) is 8.31. The highest BCUT2D eigenvalue weighted by molar-refractivity contribution is 5.91. The van der Waals surface area contributed by atoms with Crippen molar-refractivity contribution < 1.29 is 4.79 Å². The van der Waals surface area contributed by atoms with Gasteiger partial charge in [-0.2, -0.15) is 0 Å². The molecule has 1 fully saturated rings. The number of nitrogens with one attached hydrogen (secondary N) is 1. The molecule has 0 unspecified atom stereocenters. The molecule has 2 heteroatoms. The van der Waals surface area contributed by atoms with E-state index >= 15 is 0 Å². The highest BCUT2D eigenvalue weighted by atomic mass is 16.2. The lowest BCUT2D eigenvalue weighted by molar-refractivity contribution is -0.153. The molecule has 1 saturated heterocycles. The molecule has 2 nitrogen and oxygen atoms in total. The molecule has 64 valence electrons. The van der Waals surface area contributed by atoms with Gasteiger partial charge in [-0.05, 0) is 26.7 Å². The monoisotopic (exact) mass is 155 g/mol. The zero-order valence-corrected chi connectivity index (χ0v) is 7.82. The minimum atomic E-state index is -0.156. The van der Waals surface area contributed by atoms with Gasteiger partial charge in [-0.1, -0.05) is 13.8 Å². The van der Waals surface area contributed by atoms with Gasteiger partial charge in [-0.3, -0.25) is 4.79 Å². The quantitative estimate of drug-likeness (QED) is 0.604. The van der Waals surface area contributed by atoms with Crippen molar-refractivity contribution in [1.29, 1.82) is 0 Å². The van der Waals surface area contributed by atoms with Gasteiger partial charge >= 0.3 is 0 Å². The topological polar surface area (TPSA) is 29.1 Å². The Bertz CT molecular complexity index is 180. The van der Waals surface area contributed by atoms with Gasteiger partial charge in [-0.25, -0.2) is 0 Å². The van der Waals surface area contributed by atoms with Crippen LogP contribution in [-0.4, -0.2) is 11.4 Å². The van der Waals surface area contributed by atoms with Crippen LogP contribution >= 0.6 is 0 Å². The number of carbonyl (C=O) groups excluding carboxylic acids is 1. The molecule has 1 heterocycles. The zero-order chi connectivity index (χ0) is 8.70. The maximum absolute atomic E-state index is 11.2. The Morgan fingerprint density at radius 3 is 1.82 bits per heavy atom. The van der Waals surface area contributed by atoms with Gasteiger partial charge in [0, 0.05) is 0 Å². The van der Waals surface area contributed by atoms with Gasteiger partial charge in [-0.15, -0.1) is 0 Å². The lowest BCUT2D eigenvalue weighted by atomic mass is 9.62. The molecule has 0 aromatic rings. The number of amides is 1. The summed E-state index contributed by atoms with van der Waals surface area (Å²) in [6.07, 6.45) is 2.06. The fraction of sp³-hybridized carbons (Fsp3) is 0.889. The highest BCUT2D eigenvalue weighted by Crippen LogP contribution is 2.44. The van der Waals surface area contributed by atoms with Crippen molar-refractivity contribution in [3.05, 3.63) is 0 Å². The standard InChI is InChI=1S/C9H17NO/c1-5-9(6-2)8(3,4)7(11)10-9/h5-6H2,1-4H3,(H,10,11). The van der Waals surface area contributed by atoms with E-state index in [1.165, 1.54) is 0 Å². The van der Waals surface area contributed by atoms with Crippen molar-refractivity contribution in [3.63, 3.8) is 0 Å². The van der Waals surface area contributed by atoms with Crippen LogP contribution in [0.5, 0.6) is 0 Å². The molecule has 0 aliphatic carbocycles. The number of carbonyl (C=O) groups is 1. The molecule has 0 aromatic carbocycles. The summed E-state index contributed by atoms with van der Waals surface area (Å²) in [4.78, 5) is 11.2. The van der Waals surface area contributed by atoms with E-state index in [0.717, 1.165) is 12.8 Å². The molecule has 11 heavy (non-hydrogen) atoms. The van der Waals surface area contributed by atoms with Gasteiger partial charge in [0.2, 0.25) is 5.91 Å². The van der Waals surface area contributed by atoms with Crippen molar-refractivity contribution in [1.82, 2.24) is 5.32 Å². The van der Waals surface area contributed by atoms with Crippen LogP contribution in [0.2, 0.25) is 0 Å². The molecular weight excluding hydrogens is 138 g/mol. The smallest absolute Gasteiger partial charge is 0.228 e. The average molecular weight is 155 g/mol. The summed E-state index contributed by atoms with van der Waals surface area (Å²) >= 11 is 0. The Hall–Kier alpha value is -0.530. The first-order valence-corrected chi connectivity index (χ1v) is 4.33. The molecule has 1 N–H and O–H groups in total. The van der Waals surface area contributed by atoms with Crippen molar-refractivity contribution in [2.75, 3.05) is 0 Å². The van der Waals surface area contributed by atoms with E-state index in [1.54, 1.807) is 0 Å². The predicted molar refractivity (Wildman–Crippen MR) is 45.2 cm³/mol. The minimum absolute atomic E-state index is 0.0735. The Balaban J connectivity index is 2.83. The molecule has 1 aliphatic heterocycles. The van der Waals surface area contributed by atoms with E-state index in [2.05, 4.69) is 19.2 Å². The molecule has 0 radical (unpaired) electrons. The molecule has 1 rings (SSSR count). The van der Waals surface area contributed by atoms with Gasteiger partial charge in [0.15, 0.2) is 0 Å². The van der Waals surface area contributed by atoms with E-state index < -0.39 is 0 Å². The van der Waals surface area contributed by atoms with Crippen molar-refractivity contribution in [3.8, 4) is 0 Å². The van der Waals surface area contributed by atoms with Gasteiger partial charge < -0.3 is 5.32 Å². The van der Waals surface area contributed by atoms with E-state index in [1.807, 2.05) is 13.8 Å². The van der Waals surface area contributed by atoms with Gasteiger partial charge in [0.25, 0.3) is 0 Å². The molecule has 0 aromatic heterocycles. The Labute approximate surface area is 68.4 Å². The molecule has 1 amide bonds. The first-order chi connectivity index (χ1) is 5.00. The van der Waals surface area contributed by atoms with Crippen LogP contribution < -0.4 is 5.32 Å². The van der Waals surface area contributed by atoms with Crippen molar-refractivity contribution in [2.45, 2.75) is 46.1 Å². The largest absolute Gasteiger partial charge is 0.349 e. The lowest BCUT2D eigenvalue weighted by Crippen LogP contribution is -2.73. The van der Waals surface area contributed by atoms with Gasteiger partial charge in [0.05, 0.1) is 11.0 Å². The first-order valence-electron chi connectivity index (χ1n) is 4.33. The first kappa shape index (κ1) is 8.57. The number of hydrogen-bond donors (Lipinski definition) is 1. The summed E-state index contributed by atoms with van der Waals surface area (Å²) in [5, 5.41) is 3.01. The molecular formula is C9H17NO. The molecule has 0 atom stereocenters. The molecule has 0 spiro atoms. The fourth-order valence-electron chi connectivity index (χ4n) is 2.00. The summed E-state index contributed by atoms with van der Waals surface area (Å²) in [5.41, 5.74) is -0.0828. The Kier molecular flexibility index (Phi) is 1.73. The lowest BCUT2D eigenvalue weighted by Gasteiger charge is -2.55. The van der Waals surface area contributed by atoms with Crippen LogP contribution in [0.3, 0.4) is 0 Å². The maximum Gasteiger partial charge on any atom is 0.228 e. The second kappa shape index (κ2) is 2.23. The predicted octanol–water partition coefficient (Wildman–Crippen LogP) is 1.70. The molecule has 0 bridgehead atoms. The summed E-state index contributed by atoms with van der Waals surface area (Å²) in [6, 6.07) is 0. The minimum Gasteiger partial charge on any atom is -0.349 e. The van der Waals surface area contributed by atoms with E-state index in [9.17, 15) is 4.79 Å². The van der Waals surface area contributed by atoms with Crippen LogP contribution in [-0.2, 0) is 4.79 Å². The third-order valence-corrected chi connectivity index (χ3v) is 3.32. The van der Waals surface area contributed by atoms with Crippen molar-refractivity contribution in [2.24, 2.45) is 5.41 Å². The highest BCUT2D eigenvalue weighted by Gasteiger charge is 2.57. The average Bonchev–Trinajstić information content (AvgIpc) is 1.99. The Morgan fingerprint density at radius 1 is 1.27 bits per heavy atom. The third kappa shape index (κ3) is 0.815. The van der Waals surface area contributed by atoms with Crippen LogP contribution in [0.4, 0.5) is 0 Å². The van der Waals surface area contributed by atoms with E-state index in [4.69, 9.17) is 0 Å². The second-order valence-corrected chi connectivity index (χ2v) is 3.87. The second-order valence-electron chi connectivity index (χ2n) is 3.87. The van der Waals surface area contributed by atoms with Crippen LogP contribution in [0.1, 0.15) is 40.5 Å². The SMILES string of the molecule is CCC1(CC)NC(=O)C1(C)C. The van der Waals surface area contributed by atoms with E-state index in [-0.39, 0.29) is 16.9 Å². The van der Waals surface area contributed by atoms with Crippen LogP contribution in [0, 0.1) is 5.41 Å². The Morgan fingerprint density at radius 2 is 1.73 bits per heavy atom. The third-order valence-electron chi connectivity index (χ3n) is 3.32. The summed E-state index contributed by atoms with van der Waals surface area (Å²) in [7, 11) is 0. The number of hydrogen-bond acceptors (Lipinski definition) is 1. The summed E-state index contributed by atoms with van der Waals surface area (Å²) in [5.74, 6) is 0.196. The summed E-state index contributed by atoms with van der Waals surface area (Å²) < 4.78 is 0. The van der Waals surface area contributed by atoms with Crippen LogP contribution in [0.25, 0.3) is 0 Å². The van der Waals surface area contributed by atoms with E-state index in [0.29, 0.717) is 0 Å². The van der Waals surface area contributed by atoms with Gasteiger partial charge in [0.1, 0.15) is 0 Å².